The quantitative estimate of drug-likeness (QED) is 0.844. The Morgan fingerprint density at radius 1 is 1.58 bits per heavy atom. The first-order valence-electron chi connectivity index (χ1n) is 5.95. The van der Waals surface area contributed by atoms with Gasteiger partial charge in [0, 0.05) is 13.0 Å². The Morgan fingerprint density at radius 2 is 2.26 bits per heavy atom. The summed E-state index contributed by atoms with van der Waals surface area (Å²) in [5.74, 6) is -0.553. The molecule has 19 heavy (non-hydrogen) atoms. The molecule has 0 unspecified atom stereocenters. The summed E-state index contributed by atoms with van der Waals surface area (Å²) in [5.41, 5.74) is 0.366. The van der Waals surface area contributed by atoms with Crippen LogP contribution in [0.1, 0.15) is 18.9 Å². The van der Waals surface area contributed by atoms with Crippen LogP contribution in [-0.2, 0) is 9.63 Å². The topological polar surface area (TPSA) is 50.7 Å². The number of amides is 1. The Balaban J connectivity index is 2.07. The molecule has 0 aliphatic carbocycles. The number of hydrogen-bond acceptors (Lipinski definition) is 3. The van der Waals surface area contributed by atoms with Gasteiger partial charge in [-0.2, -0.15) is 0 Å². The third-order valence-electron chi connectivity index (χ3n) is 2.93. The van der Waals surface area contributed by atoms with Gasteiger partial charge in [0.2, 0.25) is 5.60 Å². The number of nitrogens with zero attached hydrogens (tertiary/aromatic N) is 1. The summed E-state index contributed by atoms with van der Waals surface area (Å²) >= 11 is 0. The Bertz CT molecular complexity index is 525. The van der Waals surface area contributed by atoms with Crippen molar-refractivity contribution in [3.8, 4) is 0 Å². The average molecular weight is 262 g/mol. The van der Waals surface area contributed by atoms with Crippen molar-refractivity contribution < 1.29 is 14.0 Å². The molecule has 0 saturated heterocycles. The minimum Gasteiger partial charge on any atom is -0.379 e. The van der Waals surface area contributed by atoms with E-state index in [1.165, 1.54) is 12.1 Å². The molecule has 1 atom stereocenters. The summed E-state index contributed by atoms with van der Waals surface area (Å²) in [4.78, 5) is 17.2. The monoisotopic (exact) mass is 262 g/mol. The smallest absolute Gasteiger partial charge is 0.267 e. The molecule has 1 aromatic rings. The zero-order chi connectivity index (χ0) is 13.9. The molecule has 5 heteroatoms. The predicted molar refractivity (Wildman–Crippen MR) is 70.3 cm³/mol. The number of halogens is 1. The minimum absolute atomic E-state index is 0.242. The number of benzene rings is 1. The van der Waals surface area contributed by atoms with Crippen LogP contribution in [0.4, 0.5) is 4.39 Å². The van der Waals surface area contributed by atoms with E-state index in [0.29, 0.717) is 18.7 Å². The third-order valence-corrected chi connectivity index (χ3v) is 2.93. The molecule has 0 aromatic heterocycles. The number of oxime groups is 1. The fourth-order valence-corrected chi connectivity index (χ4v) is 1.81. The van der Waals surface area contributed by atoms with Crippen molar-refractivity contribution in [2.24, 2.45) is 5.16 Å². The van der Waals surface area contributed by atoms with E-state index in [4.69, 9.17) is 4.84 Å². The van der Waals surface area contributed by atoms with E-state index >= 15 is 0 Å². The molecule has 1 aliphatic rings. The second-order valence-corrected chi connectivity index (χ2v) is 4.54. The van der Waals surface area contributed by atoms with Crippen molar-refractivity contribution in [2.45, 2.75) is 18.9 Å². The van der Waals surface area contributed by atoms with E-state index in [9.17, 15) is 9.18 Å². The lowest BCUT2D eigenvalue weighted by atomic mass is 9.95. The molecule has 0 spiro atoms. The van der Waals surface area contributed by atoms with Gasteiger partial charge in [-0.05, 0) is 24.6 Å². The van der Waals surface area contributed by atoms with Crippen molar-refractivity contribution in [1.82, 2.24) is 5.32 Å². The zero-order valence-electron chi connectivity index (χ0n) is 10.6. The Hall–Kier alpha value is -2.17. The second-order valence-electron chi connectivity index (χ2n) is 4.54. The van der Waals surface area contributed by atoms with Crippen LogP contribution in [-0.4, -0.2) is 23.8 Å². The number of nitrogens with one attached hydrogen (secondary N) is 1. The van der Waals surface area contributed by atoms with E-state index in [2.05, 4.69) is 17.1 Å². The highest BCUT2D eigenvalue weighted by molar-refractivity contribution is 6.05. The highest BCUT2D eigenvalue weighted by Crippen LogP contribution is 2.26. The lowest BCUT2D eigenvalue weighted by Crippen LogP contribution is -2.44. The van der Waals surface area contributed by atoms with Crippen LogP contribution in [0.3, 0.4) is 0 Å². The normalized spacial score (nSPS) is 21.5. The maximum atomic E-state index is 12.8. The van der Waals surface area contributed by atoms with E-state index in [0.717, 1.165) is 5.56 Å². The fraction of sp³-hybridized carbons (Fsp3) is 0.286. The molecule has 2 rings (SSSR count). The summed E-state index contributed by atoms with van der Waals surface area (Å²) in [7, 11) is 0. The summed E-state index contributed by atoms with van der Waals surface area (Å²) in [6.07, 6.45) is 1.94. The summed E-state index contributed by atoms with van der Waals surface area (Å²) in [6, 6.07) is 5.94. The summed E-state index contributed by atoms with van der Waals surface area (Å²) in [6.45, 7) is 5.58. The summed E-state index contributed by atoms with van der Waals surface area (Å²) in [5, 5.41) is 6.61. The third kappa shape index (κ3) is 2.81. The number of carbonyl (C=O) groups is 1. The molecular weight excluding hydrogens is 247 g/mol. The lowest BCUT2D eigenvalue weighted by molar-refractivity contribution is -0.141. The maximum absolute atomic E-state index is 12.8. The first kappa shape index (κ1) is 13.3. The highest BCUT2D eigenvalue weighted by atomic mass is 19.1. The molecule has 0 bridgehead atoms. The average Bonchev–Trinajstić information content (AvgIpc) is 2.81. The van der Waals surface area contributed by atoms with Crippen LogP contribution in [0.15, 0.2) is 42.1 Å². The van der Waals surface area contributed by atoms with Gasteiger partial charge in [-0.3, -0.25) is 4.79 Å². The fourth-order valence-electron chi connectivity index (χ4n) is 1.81. The molecule has 0 saturated carbocycles. The van der Waals surface area contributed by atoms with E-state index in [1.54, 1.807) is 25.1 Å². The second kappa shape index (κ2) is 5.22. The first-order chi connectivity index (χ1) is 9.05. The van der Waals surface area contributed by atoms with E-state index in [-0.39, 0.29) is 11.7 Å². The SMILES string of the molecule is C=CCNC(=O)[C@@]1(C)CC(c2ccc(F)cc2)=NO1. The largest absolute Gasteiger partial charge is 0.379 e. The minimum atomic E-state index is -1.02. The first-order valence-corrected chi connectivity index (χ1v) is 5.95. The maximum Gasteiger partial charge on any atom is 0.267 e. The van der Waals surface area contributed by atoms with Crippen molar-refractivity contribution >= 4 is 11.6 Å². The number of rotatable bonds is 4. The van der Waals surface area contributed by atoms with E-state index in [1.807, 2.05) is 0 Å². The van der Waals surface area contributed by atoms with Crippen molar-refractivity contribution in [3.63, 3.8) is 0 Å². The van der Waals surface area contributed by atoms with Gasteiger partial charge in [0.15, 0.2) is 0 Å². The highest BCUT2D eigenvalue weighted by Gasteiger charge is 2.41. The molecule has 1 aromatic carbocycles. The Morgan fingerprint density at radius 3 is 2.89 bits per heavy atom. The van der Waals surface area contributed by atoms with Crippen LogP contribution >= 0.6 is 0 Å². The molecule has 100 valence electrons. The zero-order valence-corrected chi connectivity index (χ0v) is 10.6. The molecular formula is C14H15FN2O2. The van der Waals surface area contributed by atoms with Gasteiger partial charge in [0.25, 0.3) is 5.91 Å². The molecule has 0 radical (unpaired) electrons. The van der Waals surface area contributed by atoms with Gasteiger partial charge < -0.3 is 10.2 Å². The van der Waals surface area contributed by atoms with Crippen LogP contribution in [0, 0.1) is 5.82 Å². The van der Waals surface area contributed by atoms with Crippen LogP contribution in [0.2, 0.25) is 0 Å². The van der Waals surface area contributed by atoms with Crippen molar-refractivity contribution in [3.05, 3.63) is 48.3 Å². The van der Waals surface area contributed by atoms with Gasteiger partial charge in [-0.1, -0.05) is 23.4 Å². The summed E-state index contributed by atoms with van der Waals surface area (Å²) < 4.78 is 12.8. The lowest BCUT2D eigenvalue weighted by Gasteiger charge is -2.19. The van der Waals surface area contributed by atoms with E-state index < -0.39 is 5.60 Å². The number of carbonyl (C=O) groups excluding carboxylic acids is 1. The predicted octanol–water partition coefficient (Wildman–Crippen LogP) is 2.01. The standard InChI is InChI=1S/C14H15FN2O2/c1-3-8-16-13(18)14(2)9-12(17-19-14)10-4-6-11(15)7-5-10/h3-7H,1,8-9H2,2H3,(H,16,18)/t14-/m1/s1. The Labute approximate surface area is 110 Å². The van der Waals surface area contributed by atoms with Crippen LogP contribution < -0.4 is 5.32 Å². The van der Waals surface area contributed by atoms with Gasteiger partial charge in [0.05, 0.1) is 5.71 Å². The molecule has 1 amide bonds. The van der Waals surface area contributed by atoms with Gasteiger partial charge in [-0.25, -0.2) is 4.39 Å². The van der Waals surface area contributed by atoms with Crippen LogP contribution in [0.5, 0.6) is 0 Å². The van der Waals surface area contributed by atoms with Crippen molar-refractivity contribution in [1.29, 1.82) is 0 Å². The molecule has 1 N–H and O–H groups in total. The molecule has 0 fully saturated rings. The van der Waals surface area contributed by atoms with Gasteiger partial charge in [-0.15, -0.1) is 6.58 Å². The van der Waals surface area contributed by atoms with Crippen LogP contribution in [0.25, 0.3) is 0 Å². The Kier molecular flexibility index (Phi) is 3.64. The van der Waals surface area contributed by atoms with Gasteiger partial charge >= 0.3 is 0 Å². The van der Waals surface area contributed by atoms with Gasteiger partial charge in [0.1, 0.15) is 5.82 Å². The molecule has 1 heterocycles. The van der Waals surface area contributed by atoms with Crippen molar-refractivity contribution in [2.75, 3.05) is 6.54 Å². The molecule has 4 nitrogen and oxygen atoms in total. The number of hydrogen-bond donors (Lipinski definition) is 1. The molecule has 1 aliphatic heterocycles.